The minimum Gasteiger partial charge on any atom is -0.357 e. The van der Waals surface area contributed by atoms with Gasteiger partial charge in [0.2, 0.25) is 0 Å². The van der Waals surface area contributed by atoms with E-state index in [2.05, 4.69) is 15.4 Å². The third-order valence-electron chi connectivity index (χ3n) is 3.85. The van der Waals surface area contributed by atoms with Gasteiger partial charge in [0.05, 0.1) is 23.2 Å². The molecule has 1 aliphatic heterocycles. The fourth-order valence-corrected chi connectivity index (χ4v) is 3.84. The summed E-state index contributed by atoms with van der Waals surface area (Å²) in [7, 11) is -1.17. The maximum Gasteiger partial charge on any atom is 0.194 e. The Balaban J connectivity index is 0.00000264. The van der Waals surface area contributed by atoms with Crippen LogP contribution in [0.5, 0.6) is 0 Å². The lowest BCUT2D eigenvalue weighted by Crippen LogP contribution is -2.57. The van der Waals surface area contributed by atoms with Crippen LogP contribution in [-0.2, 0) is 23.4 Å². The molecule has 2 rings (SSSR count). The monoisotopic (exact) mass is 455 g/mol. The molecular weight excluding hydrogens is 429 g/mol. The second kappa shape index (κ2) is 7.82. The average Bonchev–Trinajstić information content (AvgIpc) is 2.84. The van der Waals surface area contributed by atoms with Crippen LogP contribution in [0.1, 0.15) is 26.3 Å². The number of hydrogen-bond acceptors (Lipinski definition) is 4. The topological polar surface area (TPSA) is 79.6 Å². The van der Waals surface area contributed by atoms with E-state index in [0.717, 1.165) is 18.1 Å². The molecule has 0 aliphatic carbocycles. The molecule has 2 heterocycles. The van der Waals surface area contributed by atoms with E-state index in [1.165, 1.54) is 0 Å². The van der Waals surface area contributed by atoms with E-state index in [4.69, 9.17) is 0 Å². The number of aromatic nitrogens is 2. The van der Waals surface area contributed by atoms with Gasteiger partial charge in [0.25, 0.3) is 0 Å². The highest BCUT2D eigenvalue weighted by Crippen LogP contribution is 2.23. The summed E-state index contributed by atoms with van der Waals surface area (Å²) in [6.07, 6.45) is 3.72. The first-order valence-corrected chi connectivity index (χ1v) is 9.13. The van der Waals surface area contributed by atoms with Gasteiger partial charge >= 0.3 is 0 Å². The minimum atomic E-state index is -3.04. The molecule has 23 heavy (non-hydrogen) atoms. The van der Waals surface area contributed by atoms with Gasteiger partial charge in [-0.25, -0.2) is 13.4 Å². The first-order valence-electron chi connectivity index (χ1n) is 7.48. The van der Waals surface area contributed by atoms with Crippen LogP contribution in [0.2, 0.25) is 0 Å². The van der Waals surface area contributed by atoms with Crippen molar-refractivity contribution < 1.29 is 8.42 Å². The number of nitrogens with zero attached hydrogens (tertiary/aromatic N) is 4. The number of guanidine groups is 1. The Kier molecular flexibility index (Phi) is 6.87. The highest BCUT2D eigenvalue weighted by Gasteiger charge is 2.40. The molecule has 1 N–H and O–H groups in total. The molecule has 7 nitrogen and oxygen atoms in total. The number of halogens is 1. The second-order valence-corrected chi connectivity index (χ2v) is 8.94. The fourth-order valence-electron chi connectivity index (χ4n) is 2.47. The quantitative estimate of drug-likeness (QED) is 0.418. The van der Waals surface area contributed by atoms with E-state index in [1.807, 2.05) is 25.1 Å². The first kappa shape index (κ1) is 20.2. The summed E-state index contributed by atoms with van der Waals surface area (Å²) in [4.78, 5) is 6.65. The summed E-state index contributed by atoms with van der Waals surface area (Å²) in [6.45, 7) is 7.76. The lowest BCUT2D eigenvalue weighted by molar-refractivity contribution is 0.353. The maximum absolute atomic E-state index is 12.1. The first-order chi connectivity index (χ1) is 10.2. The zero-order chi connectivity index (χ0) is 16.4. The fraction of sp³-hybridized carbons (Fsp3) is 0.714. The van der Waals surface area contributed by atoms with Crippen molar-refractivity contribution in [1.82, 2.24) is 20.0 Å². The highest BCUT2D eigenvalue weighted by molar-refractivity contribution is 14.0. The lowest BCUT2D eigenvalue weighted by Gasteiger charge is -2.39. The Bertz CT molecular complexity index is 654. The predicted octanol–water partition coefficient (Wildman–Crippen LogP) is 1.01. The van der Waals surface area contributed by atoms with Crippen LogP contribution in [0.3, 0.4) is 0 Å². The number of hydrogen-bond donors (Lipinski definition) is 1. The Morgan fingerprint density at radius 1 is 1.48 bits per heavy atom. The zero-order valence-corrected chi connectivity index (χ0v) is 17.3. The van der Waals surface area contributed by atoms with Gasteiger partial charge < -0.3 is 10.2 Å². The molecule has 1 aromatic rings. The van der Waals surface area contributed by atoms with Gasteiger partial charge in [-0.3, -0.25) is 4.68 Å². The van der Waals surface area contributed by atoms with Crippen molar-refractivity contribution in [2.45, 2.75) is 32.1 Å². The predicted molar refractivity (Wildman–Crippen MR) is 103 cm³/mol. The normalized spacial score (nSPS) is 20.0. The summed E-state index contributed by atoms with van der Waals surface area (Å²) >= 11 is 0. The van der Waals surface area contributed by atoms with Crippen molar-refractivity contribution in [3.8, 4) is 0 Å². The van der Waals surface area contributed by atoms with Crippen LogP contribution < -0.4 is 5.32 Å². The third kappa shape index (κ3) is 4.82. The molecule has 1 fully saturated rings. The van der Waals surface area contributed by atoms with Gasteiger partial charge in [0, 0.05) is 38.4 Å². The van der Waals surface area contributed by atoms with Gasteiger partial charge in [0.15, 0.2) is 15.8 Å². The van der Waals surface area contributed by atoms with Crippen molar-refractivity contribution >= 4 is 39.8 Å². The SMILES string of the molecule is CCNC(=NCc1cnn(C)c1)N1CCS(=O)(=O)C(C)(C)C1.I. The van der Waals surface area contributed by atoms with E-state index in [9.17, 15) is 8.42 Å². The van der Waals surface area contributed by atoms with Crippen molar-refractivity contribution in [3.63, 3.8) is 0 Å². The van der Waals surface area contributed by atoms with Gasteiger partial charge in [0.1, 0.15) is 0 Å². The Morgan fingerprint density at radius 3 is 2.70 bits per heavy atom. The van der Waals surface area contributed by atoms with Crippen LogP contribution in [0.15, 0.2) is 17.4 Å². The molecule has 0 radical (unpaired) electrons. The third-order valence-corrected chi connectivity index (χ3v) is 6.38. The molecule has 1 saturated heterocycles. The molecule has 1 aromatic heterocycles. The van der Waals surface area contributed by atoms with Gasteiger partial charge in [-0.1, -0.05) is 0 Å². The summed E-state index contributed by atoms with van der Waals surface area (Å²) < 4.78 is 25.2. The molecule has 9 heteroatoms. The molecule has 1 aliphatic rings. The van der Waals surface area contributed by atoms with Gasteiger partial charge in [-0.15, -0.1) is 24.0 Å². The van der Waals surface area contributed by atoms with E-state index in [1.54, 1.807) is 24.7 Å². The van der Waals surface area contributed by atoms with Crippen molar-refractivity contribution in [3.05, 3.63) is 18.0 Å². The molecule has 0 atom stereocenters. The Hall–Kier alpha value is -0.840. The molecule has 0 unspecified atom stereocenters. The molecule has 0 bridgehead atoms. The largest absolute Gasteiger partial charge is 0.357 e. The molecular formula is C14H26IN5O2S. The second-order valence-electron chi connectivity index (χ2n) is 6.19. The smallest absolute Gasteiger partial charge is 0.194 e. The number of aliphatic imine (C=N–C) groups is 1. The summed E-state index contributed by atoms with van der Waals surface area (Å²) in [6, 6.07) is 0. The minimum absolute atomic E-state index is 0. The van der Waals surface area contributed by atoms with Crippen molar-refractivity contribution in [2.75, 3.05) is 25.4 Å². The van der Waals surface area contributed by atoms with E-state index >= 15 is 0 Å². The molecule has 0 aromatic carbocycles. The standard InChI is InChI=1S/C14H25N5O2S.HI/c1-5-15-13(16-8-12-9-17-18(4)10-12)19-6-7-22(20,21)14(2,3)11-19;/h9-10H,5-8,11H2,1-4H3,(H,15,16);1H. The molecule has 0 saturated carbocycles. The molecule has 0 amide bonds. The van der Waals surface area contributed by atoms with Crippen LogP contribution in [-0.4, -0.2) is 59.2 Å². The molecule has 132 valence electrons. The van der Waals surface area contributed by atoms with E-state index < -0.39 is 14.6 Å². The zero-order valence-electron chi connectivity index (χ0n) is 14.1. The summed E-state index contributed by atoms with van der Waals surface area (Å²) in [5.41, 5.74) is 1.03. The Morgan fingerprint density at radius 2 is 2.17 bits per heavy atom. The van der Waals surface area contributed by atoms with Crippen molar-refractivity contribution in [1.29, 1.82) is 0 Å². The number of rotatable bonds is 3. The van der Waals surface area contributed by atoms with Crippen LogP contribution in [0.4, 0.5) is 0 Å². The summed E-state index contributed by atoms with van der Waals surface area (Å²) in [5, 5.41) is 7.38. The van der Waals surface area contributed by atoms with E-state index in [0.29, 0.717) is 19.6 Å². The van der Waals surface area contributed by atoms with Crippen LogP contribution in [0, 0.1) is 0 Å². The van der Waals surface area contributed by atoms with Crippen LogP contribution >= 0.6 is 24.0 Å². The number of aryl methyl sites for hydroxylation is 1. The van der Waals surface area contributed by atoms with E-state index in [-0.39, 0.29) is 29.7 Å². The molecule has 0 spiro atoms. The maximum atomic E-state index is 12.1. The average molecular weight is 455 g/mol. The van der Waals surface area contributed by atoms with Crippen molar-refractivity contribution in [2.24, 2.45) is 12.0 Å². The highest BCUT2D eigenvalue weighted by atomic mass is 127. The summed E-state index contributed by atoms with van der Waals surface area (Å²) in [5.74, 6) is 0.923. The number of sulfone groups is 1. The number of nitrogens with one attached hydrogen (secondary N) is 1. The van der Waals surface area contributed by atoms with Crippen LogP contribution in [0.25, 0.3) is 0 Å². The Labute approximate surface area is 155 Å². The van der Waals surface area contributed by atoms with Gasteiger partial charge in [-0.05, 0) is 20.8 Å². The lowest BCUT2D eigenvalue weighted by atomic mass is 10.2. The van der Waals surface area contributed by atoms with Gasteiger partial charge in [-0.2, -0.15) is 5.10 Å².